The first kappa shape index (κ1) is 56.9. The third kappa shape index (κ3) is 16.2. The third-order valence-corrected chi connectivity index (χ3v) is 11.6. The number of ether oxygens (including phenoxy) is 2. The number of nitrogens with two attached hydrogens (primary N) is 2. The number of carbonyl (C=O) groups is 4. The van der Waals surface area contributed by atoms with E-state index in [9.17, 15) is 57.0 Å². The monoisotopic (exact) mass is 920 g/mol. The summed E-state index contributed by atoms with van der Waals surface area (Å²) >= 11 is 0. The van der Waals surface area contributed by atoms with Gasteiger partial charge in [-0.25, -0.2) is 42.8 Å². The first-order chi connectivity index (χ1) is 24.8. The standard InChI is InChI=1S/C20H24N10O19P4.4Na/c21-17-15-19(25-7-23-17)29(9-27-15)13(3-33)45-11(1-31)5-43-50(35,36)47-52(39,40)49-53(41,42)48-51(37,38)44-6-12(2-32)46-14(4-34)30-10-28-16-18(22)24-8-26-20(16)30;;;;/h1-4,7-14H,5-6H2,(H,35,36)(H,37,38)(H,39,40)(H,41,42)(H2,21,23,25)(H2,22,24,26);;;;/q;4*+1/p-4/t11-,12-,13-,14+;;;;/m0..../s1. The van der Waals surface area contributed by atoms with Crippen molar-refractivity contribution in [3.8, 4) is 0 Å². The van der Waals surface area contributed by atoms with Crippen LogP contribution in [0.4, 0.5) is 11.6 Å². The molecular weight excluding hydrogens is 900 g/mol. The van der Waals surface area contributed by atoms with Crippen molar-refractivity contribution < 1.29 is 207 Å². The molecule has 4 N–H and O–H groups in total. The fourth-order valence-corrected chi connectivity index (χ4v) is 8.54. The Labute approximate surface area is 406 Å². The van der Waals surface area contributed by atoms with Crippen molar-refractivity contribution in [3.05, 3.63) is 25.3 Å². The second-order valence-electron chi connectivity index (χ2n) is 9.47. The van der Waals surface area contributed by atoms with E-state index in [1.807, 2.05) is 0 Å². The van der Waals surface area contributed by atoms with Gasteiger partial charge in [-0.05, 0) is 0 Å². The van der Waals surface area contributed by atoms with Gasteiger partial charge in [0.25, 0.3) is 31.3 Å². The van der Waals surface area contributed by atoms with Crippen LogP contribution >= 0.6 is 31.3 Å². The maximum Gasteiger partial charge on any atom is 1.00 e. The summed E-state index contributed by atoms with van der Waals surface area (Å²) in [6.07, 6.45) is -3.23. The van der Waals surface area contributed by atoms with E-state index in [1.165, 1.54) is 0 Å². The molecule has 0 spiro atoms. The second kappa shape index (κ2) is 24.5. The quantitative estimate of drug-likeness (QED) is 0.0420. The number of hydrogen-bond donors (Lipinski definition) is 2. The molecule has 4 heterocycles. The molecule has 4 aromatic rings. The molecule has 0 saturated carbocycles. The maximum absolute atomic E-state index is 12.1. The summed E-state index contributed by atoms with van der Waals surface area (Å²) in [5.41, 5.74) is 11.2. The number of hydrogen-bond acceptors (Lipinski definition) is 27. The number of imidazole rings is 2. The predicted molar refractivity (Wildman–Crippen MR) is 157 cm³/mol. The zero-order chi connectivity index (χ0) is 39.2. The van der Waals surface area contributed by atoms with Crippen molar-refractivity contribution >= 4 is 90.4 Å². The first-order valence-corrected chi connectivity index (χ1v) is 19.3. The molecule has 4 unspecified atom stereocenters. The van der Waals surface area contributed by atoms with Crippen LogP contribution in [0.1, 0.15) is 12.5 Å². The van der Waals surface area contributed by atoms with Crippen molar-refractivity contribution in [1.29, 1.82) is 0 Å². The van der Waals surface area contributed by atoms with Crippen LogP contribution in [0.2, 0.25) is 0 Å². The Hall–Kier alpha value is -0.140. The van der Waals surface area contributed by atoms with Crippen LogP contribution in [-0.4, -0.2) is 89.6 Å². The van der Waals surface area contributed by atoms with Crippen molar-refractivity contribution in [2.24, 2.45) is 0 Å². The third-order valence-electron chi connectivity index (χ3n) is 5.88. The number of phosphoric acid groups is 4. The van der Waals surface area contributed by atoms with Gasteiger partial charge in [0, 0.05) is 0 Å². The first-order valence-electron chi connectivity index (χ1n) is 13.5. The van der Waals surface area contributed by atoms with E-state index < -0.39 is 69.2 Å². The Bertz CT molecular complexity index is 2060. The number of nitrogen functional groups attached to an aromatic ring is 2. The van der Waals surface area contributed by atoms with E-state index in [0.717, 1.165) is 34.4 Å². The van der Waals surface area contributed by atoms with Crippen LogP contribution in [-0.2, 0) is 68.9 Å². The molecule has 0 saturated heterocycles. The number of anilines is 2. The molecule has 0 fully saturated rings. The van der Waals surface area contributed by atoms with Gasteiger partial charge in [-0.3, -0.25) is 37.0 Å². The summed E-state index contributed by atoms with van der Waals surface area (Å²) in [7, 11) is -25.7. The van der Waals surface area contributed by atoms with Crippen LogP contribution < -0.4 is 149 Å². The van der Waals surface area contributed by atoms with Crippen molar-refractivity contribution in [3.63, 3.8) is 0 Å². The number of fused-ring (bicyclic) bond motifs is 2. The van der Waals surface area contributed by atoms with Crippen LogP contribution in [0.15, 0.2) is 25.3 Å². The van der Waals surface area contributed by atoms with Crippen molar-refractivity contribution in [2.45, 2.75) is 24.7 Å². The molecule has 8 atom stereocenters. The summed E-state index contributed by atoms with van der Waals surface area (Å²) in [5.74, 6) is -0.184. The molecular formula is C20H20N10Na4O19P4. The largest absolute Gasteiger partial charge is 1.00 e. The average molecular weight is 920 g/mol. The van der Waals surface area contributed by atoms with Gasteiger partial charge >= 0.3 is 118 Å². The Morgan fingerprint density at radius 1 is 0.561 bits per heavy atom. The molecule has 29 nitrogen and oxygen atoms in total. The number of aldehydes is 4. The van der Waals surface area contributed by atoms with Gasteiger partial charge in [0.15, 0.2) is 60.5 Å². The Morgan fingerprint density at radius 3 is 1.21 bits per heavy atom. The van der Waals surface area contributed by atoms with Crippen molar-refractivity contribution in [1.82, 2.24) is 39.0 Å². The Kier molecular flexibility index (Phi) is 24.4. The topological polar surface area (TPSA) is 433 Å². The predicted octanol–water partition coefficient (Wildman–Crippen LogP) is -15.6. The van der Waals surface area contributed by atoms with E-state index in [-0.39, 0.29) is 177 Å². The number of rotatable bonds is 22. The molecule has 37 heteroatoms. The molecule has 0 radical (unpaired) electrons. The Balaban J connectivity index is 0.00000784. The SMILES string of the molecule is Nc1ncnc2c1ncn2[C@H](C=O)O[C@@H](C=O)COP(=O)([O-])OP(=O)([O-])OP(=O)([O-])OP(=O)([O-])OC[C@H](C=O)O[C@H](C=O)n1cnc2c(N)ncnc21.[Na+].[Na+].[Na+].[Na+]. The van der Waals surface area contributed by atoms with Gasteiger partial charge in [0.1, 0.15) is 35.9 Å². The van der Waals surface area contributed by atoms with Crippen molar-refractivity contribution in [2.75, 3.05) is 24.7 Å². The summed E-state index contributed by atoms with van der Waals surface area (Å²) in [6.45, 7) is -2.76. The molecule has 0 amide bonds. The molecule has 0 aliphatic rings. The maximum atomic E-state index is 12.1. The van der Waals surface area contributed by atoms with Gasteiger partial charge in [-0.1, -0.05) is 0 Å². The van der Waals surface area contributed by atoms with E-state index in [2.05, 4.69) is 51.9 Å². The van der Waals surface area contributed by atoms with Gasteiger partial charge in [0.2, 0.25) is 0 Å². The van der Waals surface area contributed by atoms with E-state index >= 15 is 0 Å². The summed E-state index contributed by atoms with van der Waals surface area (Å²) < 4.78 is 79.4. The number of phosphoric ester groups is 2. The zero-order valence-electron chi connectivity index (χ0n) is 29.6. The fourth-order valence-electron chi connectivity index (χ4n) is 3.79. The molecule has 0 aliphatic carbocycles. The van der Waals surface area contributed by atoms with Gasteiger partial charge in [0.05, 0.1) is 25.9 Å². The normalized spacial score (nSPS) is 17.5. The van der Waals surface area contributed by atoms with Gasteiger partial charge < -0.3 is 59.2 Å². The second-order valence-corrected chi connectivity index (χ2v) is 15.5. The smallest absolute Gasteiger partial charge is 0.756 e. The van der Waals surface area contributed by atoms with Crippen LogP contribution in [0.25, 0.3) is 22.3 Å². The van der Waals surface area contributed by atoms with Gasteiger partial charge in [-0.15, -0.1) is 0 Å². The Morgan fingerprint density at radius 2 is 0.895 bits per heavy atom. The van der Waals surface area contributed by atoms with Crippen LogP contribution in [0, 0.1) is 0 Å². The van der Waals surface area contributed by atoms with Gasteiger partial charge in [-0.2, -0.15) is 0 Å². The van der Waals surface area contributed by atoms with Crippen LogP contribution in [0.5, 0.6) is 0 Å². The molecule has 4 rings (SSSR count). The van der Waals surface area contributed by atoms with E-state index in [4.69, 9.17) is 20.9 Å². The van der Waals surface area contributed by atoms with E-state index in [1.54, 1.807) is 0 Å². The minimum atomic E-state index is -6.65. The molecule has 4 aromatic heterocycles. The number of carbonyl (C=O) groups excluding carboxylic acids is 4. The molecule has 57 heavy (non-hydrogen) atoms. The molecule has 0 aliphatic heterocycles. The summed E-state index contributed by atoms with van der Waals surface area (Å²) in [6, 6.07) is 0. The van der Waals surface area contributed by atoms with E-state index in [0.29, 0.717) is 0 Å². The molecule has 0 aromatic carbocycles. The zero-order valence-corrected chi connectivity index (χ0v) is 41.2. The number of nitrogens with zero attached hydrogens (tertiary/aromatic N) is 8. The summed E-state index contributed by atoms with van der Waals surface area (Å²) in [5, 5.41) is 0. The molecule has 288 valence electrons. The van der Waals surface area contributed by atoms with Crippen LogP contribution in [0.3, 0.4) is 0 Å². The average Bonchev–Trinajstić information content (AvgIpc) is 3.70. The number of aromatic nitrogens is 8. The summed E-state index contributed by atoms with van der Waals surface area (Å²) in [4.78, 5) is 117. The minimum Gasteiger partial charge on any atom is -0.756 e. The molecule has 0 bridgehead atoms. The fraction of sp³-hybridized carbons (Fsp3) is 0.300. The minimum absolute atomic E-state index is 0.